The number of hydrogen-bond donors (Lipinski definition) is 1. The van der Waals surface area contributed by atoms with Crippen LogP contribution in [0.5, 0.6) is 0 Å². The second-order valence-corrected chi connectivity index (χ2v) is 5.66. The Kier molecular flexibility index (Phi) is 5.44. The van der Waals surface area contributed by atoms with E-state index in [1.807, 2.05) is 0 Å². The maximum absolute atomic E-state index is 4.72. The van der Waals surface area contributed by atoms with E-state index < -0.39 is 0 Å². The molecular formula is C16H29N3. The van der Waals surface area contributed by atoms with Gasteiger partial charge in [0.05, 0.1) is 17.4 Å². The van der Waals surface area contributed by atoms with Gasteiger partial charge in [0.2, 0.25) is 0 Å². The Labute approximate surface area is 117 Å². The van der Waals surface area contributed by atoms with Gasteiger partial charge in [-0.05, 0) is 44.7 Å². The lowest BCUT2D eigenvalue weighted by Gasteiger charge is -2.31. The van der Waals surface area contributed by atoms with E-state index in [1.54, 1.807) is 0 Å². The van der Waals surface area contributed by atoms with Gasteiger partial charge in [0, 0.05) is 6.54 Å². The zero-order valence-corrected chi connectivity index (χ0v) is 12.8. The molecule has 1 unspecified atom stereocenters. The van der Waals surface area contributed by atoms with E-state index >= 15 is 0 Å². The molecule has 1 aliphatic rings. The van der Waals surface area contributed by atoms with Crippen LogP contribution in [0.4, 0.5) is 0 Å². The number of hydrogen-bond acceptors (Lipinski definition) is 2. The van der Waals surface area contributed by atoms with Crippen LogP contribution >= 0.6 is 0 Å². The van der Waals surface area contributed by atoms with Gasteiger partial charge >= 0.3 is 0 Å². The van der Waals surface area contributed by atoms with Crippen LogP contribution in [0.2, 0.25) is 0 Å². The smallest absolute Gasteiger partial charge is 0.0625 e. The van der Waals surface area contributed by atoms with Crippen LogP contribution < -0.4 is 5.32 Å². The zero-order valence-electron chi connectivity index (χ0n) is 12.8. The molecule has 1 heterocycles. The zero-order chi connectivity index (χ0) is 13.7. The third kappa shape index (κ3) is 3.38. The minimum atomic E-state index is 0.498. The van der Waals surface area contributed by atoms with Gasteiger partial charge in [0.1, 0.15) is 0 Å². The first-order chi connectivity index (χ1) is 9.30. The molecule has 1 fully saturated rings. The molecule has 1 aromatic heterocycles. The average molecular weight is 263 g/mol. The van der Waals surface area contributed by atoms with Gasteiger partial charge in [-0.3, -0.25) is 4.68 Å². The highest BCUT2D eigenvalue weighted by molar-refractivity contribution is 5.16. The molecule has 1 saturated carbocycles. The number of aromatic nitrogens is 2. The predicted octanol–water partition coefficient (Wildman–Crippen LogP) is 3.70. The van der Waals surface area contributed by atoms with Crippen molar-refractivity contribution in [2.45, 2.75) is 71.9 Å². The molecule has 0 radical (unpaired) electrons. The summed E-state index contributed by atoms with van der Waals surface area (Å²) in [6.45, 7) is 8.61. The lowest BCUT2D eigenvalue weighted by Crippen LogP contribution is -2.31. The number of rotatable bonds is 6. The molecule has 108 valence electrons. The standard InChI is InChI=1S/C16H29N3/c1-4-14-12-15(19(6-3)18-14)16(17-5-2)13-10-8-7-9-11-13/h12-13,16-17H,4-11H2,1-3H3. The molecule has 0 aromatic carbocycles. The van der Waals surface area contributed by atoms with Crippen LogP contribution in [0.1, 0.15) is 70.3 Å². The Morgan fingerprint density at radius 3 is 2.58 bits per heavy atom. The maximum atomic E-state index is 4.72. The summed E-state index contributed by atoms with van der Waals surface area (Å²) in [7, 11) is 0. The summed E-state index contributed by atoms with van der Waals surface area (Å²) in [5, 5.41) is 8.44. The van der Waals surface area contributed by atoms with Gasteiger partial charge in [-0.25, -0.2) is 0 Å². The normalized spacial score (nSPS) is 18.7. The molecule has 1 aromatic rings. The number of nitrogens with one attached hydrogen (secondary N) is 1. The second-order valence-electron chi connectivity index (χ2n) is 5.66. The van der Waals surface area contributed by atoms with Crippen LogP contribution in [-0.2, 0) is 13.0 Å². The highest BCUT2D eigenvalue weighted by Crippen LogP contribution is 2.34. The molecule has 3 nitrogen and oxygen atoms in total. The first-order valence-corrected chi connectivity index (χ1v) is 8.10. The van der Waals surface area contributed by atoms with Gasteiger partial charge in [-0.1, -0.05) is 33.1 Å². The van der Waals surface area contributed by atoms with Crippen molar-refractivity contribution in [2.75, 3.05) is 6.54 Å². The third-order valence-corrected chi connectivity index (χ3v) is 4.39. The number of nitrogens with zero attached hydrogens (tertiary/aromatic N) is 2. The van der Waals surface area contributed by atoms with Crippen LogP contribution in [0.15, 0.2) is 6.07 Å². The quantitative estimate of drug-likeness (QED) is 0.848. The van der Waals surface area contributed by atoms with Crippen molar-refractivity contribution in [3.63, 3.8) is 0 Å². The largest absolute Gasteiger partial charge is 0.309 e. The molecule has 0 aliphatic heterocycles. The van der Waals surface area contributed by atoms with Crippen molar-refractivity contribution in [1.29, 1.82) is 0 Å². The van der Waals surface area contributed by atoms with Gasteiger partial charge < -0.3 is 5.32 Å². The molecule has 19 heavy (non-hydrogen) atoms. The highest BCUT2D eigenvalue weighted by Gasteiger charge is 2.27. The van der Waals surface area contributed by atoms with Crippen molar-refractivity contribution in [2.24, 2.45) is 5.92 Å². The lowest BCUT2D eigenvalue weighted by molar-refractivity contribution is 0.264. The Hall–Kier alpha value is -0.830. The minimum absolute atomic E-state index is 0.498. The summed E-state index contributed by atoms with van der Waals surface area (Å²) >= 11 is 0. The van der Waals surface area contributed by atoms with Gasteiger partial charge in [-0.2, -0.15) is 5.10 Å². The van der Waals surface area contributed by atoms with Crippen molar-refractivity contribution in [1.82, 2.24) is 15.1 Å². The molecule has 0 saturated heterocycles. The molecule has 3 heteroatoms. The molecule has 0 spiro atoms. The Balaban J connectivity index is 2.23. The Morgan fingerprint density at radius 1 is 1.26 bits per heavy atom. The molecule has 1 atom stereocenters. The van der Waals surface area contributed by atoms with Crippen LogP contribution in [0, 0.1) is 5.92 Å². The van der Waals surface area contributed by atoms with Crippen molar-refractivity contribution in [3.8, 4) is 0 Å². The first kappa shape index (κ1) is 14.6. The van der Waals surface area contributed by atoms with E-state index in [0.29, 0.717) is 6.04 Å². The predicted molar refractivity (Wildman–Crippen MR) is 80.3 cm³/mol. The fraction of sp³-hybridized carbons (Fsp3) is 0.812. The minimum Gasteiger partial charge on any atom is -0.309 e. The monoisotopic (exact) mass is 263 g/mol. The summed E-state index contributed by atoms with van der Waals surface area (Å²) in [5.74, 6) is 0.792. The first-order valence-electron chi connectivity index (χ1n) is 8.10. The average Bonchev–Trinajstić information content (AvgIpc) is 2.88. The second kappa shape index (κ2) is 7.09. The van der Waals surface area contributed by atoms with E-state index in [-0.39, 0.29) is 0 Å². The van der Waals surface area contributed by atoms with E-state index in [4.69, 9.17) is 5.10 Å². The fourth-order valence-electron chi connectivity index (χ4n) is 3.36. The molecule has 1 aliphatic carbocycles. The van der Waals surface area contributed by atoms with Gasteiger partial charge in [0.25, 0.3) is 0 Å². The molecule has 1 N–H and O–H groups in total. The molecule has 2 rings (SSSR count). The van der Waals surface area contributed by atoms with Crippen molar-refractivity contribution in [3.05, 3.63) is 17.5 Å². The van der Waals surface area contributed by atoms with Gasteiger partial charge in [-0.15, -0.1) is 0 Å². The summed E-state index contributed by atoms with van der Waals surface area (Å²) < 4.78 is 2.21. The van der Waals surface area contributed by atoms with E-state index in [1.165, 1.54) is 43.5 Å². The van der Waals surface area contributed by atoms with Gasteiger partial charge in [0.15, 0.2) is 0 Å². The van der Waals surface area contributed by atoms with E-state index in [9.17, 15) is 0 Å². The molecular weight excluding hydrogens is 234 g/mol. The summed E-state index contributed by atoms with van der Waals surface area (Å²) in [6.07, 6.45) is 7.98. The van der Waals surface area contributed by atoms with Crippen LogP contribution in [0.25, 0.3) is 0 Å². The maximum Gasteiger partial charge on any atom is 0.0625 e. The SMILES string of the molecule is CCNC(c1cc(CC)nn1CC)C1CCCCC1. The van der Waals surface area contributed by atoms with E-state index in [0.717, 1.165) is 25.4 Å². The van der Waals surface area contributed by atoms with Crippen LogP contribution in [-0.4, -0.2) is 16.3 Å². The third-order valence-electron chi connectivity index (χ3n) is 4.39. The fourth-order valence-corrected chi connectivity index (χ4v) is 3.36. The Bertz CT molecular complexity index is 377. The summed E-state index contributed by atoms with van der Waals surface area (Å²) in [5.41, 5.74) is 2.64. The van der Waals surface area contributed by atoms with Crippen molar-refractivity contribution < 1.29 is 0 Å². The van der Waals surface area contributed by atoms with E-state index in [2.05, 4.69) is 36.8 Å². The topological polar surface area (TPSA) is 29.9 Å². The lowest BCUT2D eigenvalue weighted by atomic mass is 9.82. The summed E-state index contributed by atoms with van der Waals surface area (Å²) in [4.78, 5) is 0. The highest BCUT2D eigenvalue weighted by atomic mass is 15.3. The molecule has 0 bridgehead atoms. The van der Waals surface area contributed by atoms with Crippen LogP contribution in [0.3, 0.4) is 0 Å². The Morgan fingerprint density at radius 2 is 2.00 bits per heavy atom. The molecule has 0 amide bonds. The summed E-state index contributed by atoms with van der Waals surface area (Å²) in [6, 6.07) is 2.82. The number of aryl methyl sites for hydroxylation is 2. The van der Waals surface area contributed by atoms with Crippen molar-refractivity contribution >= 4 is 0 Å².